The van der Waals surface area contributed by atoms with E-state index in [2.05, 4.69) is 26.1 Å². The molecule has 3 aliphatic rings. The van der Waals surface area contributed by atoms with Gasteiger partial charge < -0.3 is 10.1 Å². The van der Waals surface area contributed by atoms with Gasteiger partial charge in [-0.1, -0.05) is 15.9 Å². The predicted molar refractivity (Wildman–Crippen MR) is 93.7 cm³/mol. The Hall–Kier alpha value is -1.40. The van der Waals surface area contributed by atoms with Crippen molar-refractivity contribution in [1.29, 1.82) is 0 Å². The highest BCUT2D eigenvalue weighted by molar-refractivity contribution is 9.10. The normalized spacial score (nSPS) is 31.2. The van der Waals surface area contributed by atoms with Crippen LogP contribution in [0.15, 0.2) is 16.6 Å². The monoisotopic (exact) mass is 392 g/mol. The van der Waals surface area contributed by atoms with Crippen LogP contribution in [0.5, 0.6) is 0 Å². The van der Waals surface area contributed by atoms with Gasteiger partial charge in [0.1, 0.15) is 5.54 Å². The van der Waals surface area contributed by atoms with Crippen LogP contribution in [-0.4, -0.2) is 36.0 Å². The fraction of sp³-hybridized carbons (Fsp3) is 0.556. The zero-order chi connectivity index (χ0) is 17.1. The van der Waals surface area contributed by atoms with E-state index in [0.29, 0.717) is 13.0 Å². The predicted octanol–water partition coefficient (Wildman–Crippen LogP) is 2.95. The van der Waals surface area contributed by atoms with E-state index in [-0.39, 0.29) is 23.8 Å². The average molecular weight is 393 g/mol. The van der Waals surface area contributed by atoms with Crippen molar-refractivity contribution < 1.29 is 14.3 Å². The molecule has 1 N–H and O–H groups in total. The van der Waals surface area contributed by atoms with Gasteiger partial charge in [-0.15, -0.1) is 0 Å². The van der Waals surface area contributed by atoms with Gasteiger partial charge in [0.15, 0.2) is 0 Å². The molecule has 1 aromatic rings. The fourth-order valence-electron chi connectivity index (χ4n) is 4.81. The summed E-state index contributed by atoms with van der Waals surface area (Å²) in [7, 11) is 0. The van der Waals surface area contributed by atoms with Crippen LogP contribution in [0.2, 0.25) is 0 Å². The molecule has 0 radical (unpaired) electrons. The maximum Gasteiger partial charge on any atom is 0.310 e. The van der Waals surface area contributed by atoms with Crippen LogP contribution in [0.1, 0.15) is 37.3 Å². The summed E-state index contributed by atoms with van der Waals surface area (Å²) in [6, 6.07) is 4.14. The molecule has 0 saturated carbocycles. The molecule has 3 atom stereocenters. The molecule has 1 amide bonds. The molecule has 0 unspecified atom stereocenters. The summed E-state index contributed by atoms with van der Waals surface area (Å²) in [5.74, 6) is -0.403. The van der Waals surface area contributed by atoms with E-state index in [4.69, 9.17) is 4.74 Å². The van der Waals surface area contributed by atoms with Crippen LogP contribution in [0.4, 0.5) is 5.69 Å². The number of nitrogens with zero attached hydrogens (tertiary/aromatic N) is 1. The standard InChI is InChI=1S/C18H21BrN2O3/c1-3-24-16(22)12-9-18(21-6-4-5-14(12)21)13-8-11(19)7-10(2)15(13)20-17(18)23/h7-8,12,14H,3-6,9H2,1-2H3,(H,20,23)/t12-,14-,18+/m0/s1. The number of halogens is 1. The van der Waals surface area contributed by atoms with Crippen LogP contribution in [0.25, 0.3) is 0 Å². The number of esters is 1. The van der Waals surface area contributed by atoms with Crippen molar-refractivity contribution >= 4 is 33.5 Å². The van der Waals surface area contributed by atoms with Gasteiger partial charge in [-0.2, -0.15) is 0 Å². The second kappa shape index (κ2) is 5.56. The summed E-state index contributed by atoms with van der Waals surface area (Å²) in [6.07, 6.45) is 2.46. The number of rotatable bonds is 2. The molecule has 0 aliphatic carbocycles. The summed E-state index contributed by atoms with van der Waals surface area (Å²) in [6.45, 7) is 5.05. The van der Waals surface area contributed by atoms with Crippen molar-refractivity contribution in [1.82, 2.24) is 4.90 Å². The van der Waals surface area contributed by atoms with E-state index in [1.165, 1.54) is 0 Å². The number of aryl methyl sites for hydroxylation is 1. The minimum atomic E-state index is -0.734. The second-order valence-electron chi connectivity index (χ2n) is 6.93. The SMILES string of the molecule is CCOC(=O)[C@H]1C[C@@]2(C(=O)Nc3c(C)cc(Br)cc32)N2CCC[C@@H]12. The van der Waals surface area contributed by atoms with E-state index in [1.54, 1.807) is 0 Å². The van der Waals surface area contributed by atoms with E-state index in [9.17, 15) is 9.59 Å². The third-order valence-electron chi connectivity index (χ3n) is 5.72. The zero-order valence-corrected chi connectivity index (χ0v) is 15.5. The highest BCUT2D eigenvalue weighted by Gasteiger charge is 2.63. The topological polar surface area (TPSA) is 58.6 Å². The van der Waals surface area contributed by atoms with Gasteiger partial charge in [-0.25, -0.2) is 0 Å². The fourth-order valence-corrected chi connectivity index (χ4v) is 5.38. The number of ether oxygens (including phenoxy) is 1. The van der Waals surface area contributed by atoms with Crippen LogP contribution < -0.4 is 5.32 Å². The highest BCUT2D eigenvalue weighted by atomic mass is 79.9. The Labute approximate surface area is 149 Å². The number of fused-ring (bicyclic) bond motifs is 4. The van der Waals surface area contributed by atoms with Crippen molar-refractivity contribution in [3.8, 4) is 0 Å². The van der Waals surface area contributed by atoms with Gasteiger partial charge in [0.25, 0.3) is 0 Å². The van der Waals surface area contributed by atoms with E-state index in [1.807, 2.05) is 26.0 Å². The molecule has 0 bridgehead atoms. The summed E-state index contributed by atoms with van der Waals surface area (Å²) >= 11 is 3.56. The molecular formula is C18H21BrN2O3. The first-order valence-electron chi connectivity index (χ1n) is 8.54. The molecule has 0 aromatic heterocycles. The number of nitrogens with one attached hydrogen (secondary N) is 1. The van der Waals surface area contributed by atoms with Gasteiger partial charge in [0, 0.05) is 21.8 Å². The Morgan fingerprint density at radius 3 is 3.04 bits per heavy atom. The quantitative estimate of drug-likeness (QED) is 0.785. The number of amides is 1. The molecule has 5 nitrogen and oxygen atoms in total. The lowest BCUT2D eigenvalue weighted by atomic mass is 9.84. The molecule has 4 rings (SSSR count). The lowest BCUT2D eigenvalue weighted by molar-refractivity contribution is -0.148. The lowest BCUT2D eigenvalue weighted by Crippen LogP contribution is -2.47. The van der Waals surface area contributed by atoms with Crippen molar-refractivity contribution in [2.45, 2.75) is 44.7 Å². The third kappa shape index (κ3) is 2.02. The Morgan fingerprint density at radius 2 is 2.29 bits per heavy atom. The Balaban J connectivity index is 1.84. The molecule has 3 aliphatic heterocycles. The summed E-state index contributed by atoms with van der Waals surface area (Å²) in [4.78, 5) is 27.8. The first kappa shape index (κ1) is 16.1. The number of carbonyl (C=O) groups is 2. The van der Waals surface area contributed by atoms with Crippen molar-refractivity contribution in [2.75, 3.05) is 18.5 Å². The van der Waals surface area contributed by atoms with E-state index >= 15 is 0 Å². The maximum atomic E-state index is 13.1. The van der Waals surface area contributed by atoms with Gasteiger partial charge in [0.2, 0.25) is 5.91 Å². The summed E-state index contributed by atoms with van der Waals surface area (Å²) in [5, 5.41) is 3.08. The minimum absolute atomic E-state index is 0.00241. The average Bonchev–Trinajstić information content (AvgIpc) is 3.17. The Bertz CT molecular complexity index is 735. The molecule has 2 saturated heterocycles. The molecule has 3 heterocycles. The van der Waals surface area contributed by atoms with Crippen molar-refractivity contribution in [3.05, 3.63) is 27.7 Å². The molecule has 24 heavy (non-hydrogen) atoms. The molecule has 6 heteroatoms. The first-order chi connectivity index (χ1) is 11.5. The van der Waals surface area contributed by atoms with E-state index < -0.39 is 5.54 Å². The minimum Gasteiger partial charge on any atom is -0.466 e. The smallest absolute Gasteiger partial charge is 0.310 e. The molecule has 1 aromatic carbocycles. The summed E-state index contributed by atoms with van der Waals surface area (Å²) < 4.78 is 6.26. The van der Waals surface area contributed by atoms with Crippen LogP contribution in [0.3, 0.4) is 0 Å². The number of benzene rings is 1. The number of hydrogen-bond acceptors (Lipinski definition) is 4. The number of carbonyl (C=O) groups excluding carboxylic acids is 2. The van der Waals surface area contributed by atoms with Gasteiger partial charge >= 0.3 is 5.97 Å². The molecule has 2 fully saturated rings. The lowest BCUT2D eigenvalue weighted by Gasteiger charge is -2.32. The Kier molecular flexibility index (Phi) is 3.73. The highest BCUT2D eigenvalue weighted by Crippen LogP contribution is 2.55. The van der Waals surface area contributed by atoms with Crippen LogP contribution in [0, 0.1) is 12.8 Å². The van der Waals surface area contributed by atoms with Crippen LogP contribution in [-0.2, 0) is 19.9 Å². The van der Waals surface area contributed by atoms with E-state index in [0.717, 1.165) is 40.7 Å². The zero-order valence-electron chi connectivity index (χ0n) is 13.9. The number of hydrogen-bond donors (Lipinski definition) is 1. The number of anilines is 1. The largest absolute Gasteiger partial charge is 0.466 e. The second-order valence-corrected chi connectivity index (χ2v) is 7.84. The third-order valence-corrected chi connectivity index (χ3v) is 6.18. The first-order valence-corrected chi connectivity index (χ1v) is 9.33. The van der Waals surface area contributed by atoms with Crippen LogP contribution >= 0.6 is 15.9 Å². The molecule has 1 spiro atoms. The molecular weight excluding hydrogens is 372 g/mol. The maximum absolute atomic E-state index is 13.1. The summed E-state index contributed by atoms with van der Waals surface area (Å²) in [5.41, 5.74) is 2.21. The Morgan fingerprint density at radius 1 is 1.50 bits per heavy atom. The van der Waals surface area contributed by atoms with Gasteiger partial charge in [0.05, 0.1) is 12.5 Å². The van der Waals surface area contributed by atoms with Crippen molar-refractivity contribution in [3.63, 3.8) is 0 Å². The molecule has 128 valence electrons. The van der Waals surface area contributed by atoms with Crippen molar-refractivity contribution in [2.24, 2.45) is 5.92 Å². The van der Waals surface area contributed by atoms with Gasteiger partial charge in [-0.3, -0.25) is 14.5 Å². The van der Waals surface area contributed by atoms with Gasteiger partial charge in [-0.05, 0) is 57.4 Å².